The van der Waals surface area contributed by atoms with E-state index in [0.29, 0.717) is 22.4 Å². The molecule has 0 atom stereocenters. The summed E-state index contributed by atoms with van der Waals surface area (Å²) in [7, 11) is 0. The number of rotatable bonds is 5. The van der Waals surface area contributed by atoms with Gasteiger partial charge in [-0.1, -0.05) is 66.7 Å². The van der Waals surface area contributed by atoms with Crippen molar-refractivity contribution in [2.45, 2.75) is 18.9 Å². The lowest BCUT2D eigenvalue weighted by atomic mass is 9.95. The summed E-state index contributed by atoms with van der Waals surface area (Å²) in [4.78, 5) is 20.4. The van der Waals surface area contributed by atoms with Crippen LogP contribution in [0.5, 0.6) is 5.88 Å². The first-order valence-corrected chi connectivity index (χ1v) is 12.1. The summed E-state index contributed by atoms with van der Waals surface area (Å²) in [6.45, 7) is 0.288. The molecule has 0 spiro atoms. The van der Waals surface area contributed by atoms with Gasteiger partial charge in [-0.05, 0) is 34.9 Å². The predicted octanol–water partition coefficient (Wildman–Crippen LogP) is 7.58. The van der Waals surface area contributed by atoms with Crippen molar-refractivity contribution >= 4 is 16.9 Å². The lowest BCUT2D eigenvalue weighted by Crippen LogP contribution is -2.28. The molecule has 2 heterocycles. The smallest absolute Gasteiger partial charge is 0.400 e. The summed E-state index contributed by atoms with van der Waals surface area (Å²) >= 11 is 0. The molecule has 0 aliphatic rings. The summed E-state index contributed by atoms with van der Waals surface area (Å²) < 4.78 is 84.4. The first-order chi connectivity index (χ1) is 19.5. The Hall–Kier alpha value is -4.77. The fourth-order valence-electron chi connectivity index (χ4n) is 4.29. The van der Waals surface area contributed by atoms with Crippen LogP contribution in [0.15, 0.2) is 91.1 Å². The maximum Gasteiger partial charge on any atom is 0.491 e. The number of nitrogens with two attached hydrogens (primary N) is 1. The van der Waals surface area contributed by atoms with Crippen LogP contribution in [0.1, 0.15) is 11.1 Å². The van der Waals surface area contributed by atoms with E-state index in [2.05, 4.69) is 9.72 Å². The molecule has 0 aliphatic carbocycles. The first-order valence-electron chi connectivity index (χ1n) is 12.1. The number of benzene rings is 3. The van der Waals surface area contributed by atoms with Crippen molar-refractivity contribution in [2.75, 3.05) is 0 Å². The highest BCUT2D eigenvalue weighted by Crippen LogP contribution is 2.40. The monoisotopic (exact) mass is 567 g/mol. The normalized spacial score (nSPS) is 12.0. The Bertz CT molecular complexity index is 1730. The van der Waals surface area contributed by atoms with Crippen molar-refractivity contribution in [3.05, 3.63) is 102 Å². The highest BCUT2D eigenvalue weighted by Gasteiger charge is 2.42. The number of esters is 1. The van der Waals surface area contributed by atoms with Gasteiger partial charge in [-0.3, -0.25) is 0 Å². The molecule has 11 heteroatoms. The SMILES string of the molecule is NCc1ccc(-c2nc3c(-c4cccc(C(F)(F)F)c4)cnc(OC(=O)C(F)(F)F)c3cc2-c2ccccc2)cc1. The third-order valence-electron chi connectivity index (χ3n) is 6.29. The molecule has 0 amide bonds. The van der Waals surface area contributed by atoms with E-state index in [4.69, 9.17) is 10.7 Å². The predicted molar refractivity (Wildman–Crippen MR) is 140 cm³/mol. The highest BCUT2D eigenvalue weighted by atomic mass is 19.4. The maximum atomic E-state index is 13.5. The van der Waals surface area contributed by atoms with Gasteiger partial charge in [-0.25, -0.2) is 14.8 Å². The fraction of sp³-hybridized carbons (Fsp3) is 0.100. The number of pyridine rings is 2. The van der Waals surface area contributed by atoms with Crippen LogP contribution in [0.2, 0.25) is 0 Å². The Kier molecular flexibility index (Phi) is 7.22. The molecule has 0 saturated carbocycles. The van der Waals surface area contributed by atoms with Crippen LogP contribution in [0.4, 0.5) is 26.3 Å². The van der Waals surface area contributed by atoms with Gasteiger partial charge >= 0.3 is 18.3 Å². The van der Waals surface area contributed by atoms with E-state index >= 15 is 0 Å². The summed E-state index contributed by atoms with van der Waals surface area (Å²) in [5.74, 6) is -3.19. The van der Waals surface area contributed by atoms with E-state index in [1.807, 2.05) is 0 Å². The standard InChI is InChI=1S/C30H19F6N3O2/c31-29(32,33)21-8-4-7-20(13-21)24-16-38-27(41-28(40)30(34,35)36)23-14-22(18-5-2-1-3-6-18)25(39-26(23)24)19-11-9-17(15-37)10-12-19/h1-14,16H,15,37H2. The molecule has 2 N–H and O–H groups in total. The van der Waals surface area contributed by atoms with E-state index in [1.165, 1.54) is 18.2 Å². The van der Waals surface area contributed by atoms with Gasteiger partial charge < -0.3 is 10.5 Å². The third-order valence-corrected chi connectivity index (χ3v) is 6.29. The number of alkyl halides is 6. The number of halogens is 6. The zero-order valence-corrected chi connectivity index (χ0v) is 20.9. The number of carbonyl (C=O) groups is 1. The van der Waals surface area contributed by atoms with Crippen LogP contribution in [0.25, 0.3) is 44.4 Å². The lowest BCUT2D eigenvalue weighted by Gasteiger charge is -2.17. The minimum Gasteiger partial charge on any atom is -0.400 e. The van der Waals surface area contributed by atoms with Crippen LogP contribution in [0, 0.1) is 0 Å². The molecule has 3 aromatic carbocycles. The Balaban J connectivity index is 1.83. The topological polar surface area (TPSA) is 78.1 Å². The second kappa shape index (κ2) is 10.7. The Morgan fingerprint density at radius 2 is 1.46 bits per heavy atom. The van der Waals surface area contributed by atoms with Gasteiger partial charge in [0, 0.05) is 29.4 Å². The molecule has 5 nitrogen and oxygen atoms in total. The van der Waals surface area contributed by atoms with Crippen LogP contribution in [0.3, 0.4) is 0 Å². The quantitative estimate of drug-likeness (QED) is 0.175. The molecule has 5 rings (SSSR count). The average molecular weight is 567 g/mol. The minimum atomic E-state index is -5.31. The number of carbonyl (C=O) groups excluding carboxylic acids is 1. The minimum absolute atomic E-state index is 0.0121. The number of hydrogen-bond acceptors (Lipinski definition) is 5. The van der Waals surface area contributed by atoms with Crippen LogP contribution >= 0.6 is 0 Å². The molecule has 5 aromatic rings. The van der Waals surface area contributed by atoms with Crippen molar-refractivity contribution in [3.8, 4) is 39.4 Å². The van der Waals surface area contributed by atoms with Crippen molar-refractivity contribution in [3.63, 3.8) is 0 Å². The zero-order valence-electron chi connectivity index (χ0n) is 20.9. The summed E-state index contributed by atoms with van der Waals surface area (Å²) in [5, 5.41) is -0.0984. The number of aromatic nitrogens is 2. The Morgan fingerprint density at radius 1 is 0.780 bits per heavy atom. The number of hydrogen-bond donors (Lipinski definition) is 1. The van der Waals surface area contributed by atoms with Crippen molar-refractivity contribution in [1.29, 1.82) is 0 Å². The molecular weight excluding hydrogens is 548 g/mol. The summed E-state index contributed by atoms with van der Waals surface area (Å²) in [6, 6.07) is 21.7. The van der Waals surface area contributed by atoms with Crippen LogP contribution < -0.4 is 10.5 Å². The zero-order chi connectivity index (χ0) is 29.4. The van der Waals surface area contributed by atoms with Gasteiger partial charge in [0.25, 0.3) is 0 Å². The molecule has 208 valence electrons. The third kappa shape index (κ3) is 5.75. The molecule has 0 unspecified atom stereocenters. The van der Waals surface area contributed by atoms with E-state index in [0.717, 1.165) is 23.9 Å². The molecule has 0 radical (unpaired) electrons. The van der Waals surface area contributed by atoms with E-state index in [1.54, 1.807) is 54.6 Å². The molecule has 0 aliphatic heterocycles. The number of ether oxygens (including phenoxy) is 1. The molecule has 2 aromatic heterocycles. The largest absolute Gasteiger partial charge is 0.491 e. The van der Waals surface area contributed by atoms with Gasteiger partial charge in [-0.15, -0.1) is 0 Å². The fourth-order valence-corrected chi connectivity index (χ4v) is 4.29. The van der Waals surface area contributed by atoms with E-state index in [-0.39, 0.29) is 28.6 Å². The van der Waals surface area contributed by atoms with Gasteiger partial charge in [0.1, 0.15) is 0 Å². The van der Waals surface area contributed by atoms with Crippen LogP contribution in [-0.2, 0) is 17.5 Å². The maximum absolute atomic E-state index is 13.5. The first kappa shape index (κ1) is 27.8. The summed E-state index contributed by atoms with van der Waals surface area (Å²) in [5.41, 5.74) is 7.88. The molecule has 0 fully saturated rings. The summed E-state index contributed by atoms with van der Waals surface area (Å²) in [6.07, 6.45) is -8.92. The van der Waals surface area contributed by atoms with Gasteiger partial charge in [0.15, 0.2) is 0 Å². The second-order valence-corrected chi connectivity index (χ2v) is 8.99. The van der Waals surface area contributed by atoms with Gasteiger partial charge in [0.05, 0.1) is 22.2 Å². The van der Waals surface area contributed by atoms with Crippen molar-refractivity contribution in [2.24, 2.45) is 5.73 Å². The number of nitrogens with zero attached hydrogens (tertiary/aromatic N) is 2. The number of fused-ring (bicyclic) bond motifs is 1. The Labute approximate surface area is 229 Å². The van der Waals surface area contributed by atoms with Crippen LogP contribution in [-0.4, -0.2) is 22.1 Å². The Morgan fingerprint density at radius 3 is 2.10 bits per heavy atom. The highest BCUT2D eigenvalue weighted by molar-refractivity contribution is 6.01. The average Bonchev–Trinajstić information content (AvgIpc) is 2.96. The molecular formula is C30H19F6N3O2. The molecule has 0 saturated heterocycles. The van der Waals surface area contributed by atoms with E-state index < -0.39 is 29.8 Å². The van der Waals surface area contributed by atoms with Crippen molar-refractivity contribution in [1.82, 2.24) is 9.97 Å². The molecule has 41 heavy (non-hydrogen) atoms. The van der Waals surface area contributed by atoms with E-state index in [9.17, 15) is 31.1 Å². The van der Waals surface area contributed by atoms with Gasteiger partial charge in [-0.2, -0.15) is 26.3 Å². The van der Waals surface area contributed by atoms with Crippen molar-refractivity contribution < 1.29 is 35.9 Å². The lowest BCUT2D eigenvalue weighted by molar-refractivity contribution is -0.189. The second-order valence-electron chi connectivity index (χ2n) is 8.99. The molecule has 0 bridgehead atoms. The van der Waals surface area contributed by atoms with Gasteiger partial charge in [0.2, 0.25) is 5.88 Å².